The molecule has 0 radical (unpaired) electrons. The fourth-order valence-electron chi connectivity index (χ4n) is 5.30. The van der Waals surface area contributed by atoms with E-state index in [9.17, 15) is 8.42 Å². The Morgan fingerprint density at radius 2 is 1.84 bits per heavy atom. The molecule has 2 aliphatic heterocycles. The highest BCUT2D eigenvalue weighted by Gasteiger charge is 2.52. The summed E-state index contributed by atoms with van der Waals surface area (Å²) in [6.45, 7) is 10.3. The number of hydrogen-bond acceptors (Lipinski definition) is 5. The van der Waals surface area contributed by atoms with Crippen LogP contribution in [-0.4, -0.2) is 51.5 Å². The average Bonchev–Trinajstić information content (AvgIpc) is 3.56. The number of nitrogens with zero attached hydrogens (tertiary/aromatic N) is 3. The van der Waals surface area contributed by atoms with Crippen LogP contribution in [0.15, 0.2) is 36.7 Å². The third kappa shape index (κ3) is 4.34. The molecule has 2 atom stereocenters. The zero-order valence-electron chi connectivity index (χ0n) is 22.9. The topological polar surface area (TPSA) is 103 Å². The van der Waals surface area contributed by atoms with Gasteiger partial charge in [0.1, 0.15) is 0 Å². The first-order chi connectivity index (χ1) is 17.8. The van der Waals surface area contributed by atoms with Crippen LogP contribution in [0.25, 0.3) is 17.2 Å². The minimum atomic E-state index is -3.44. The lowest BCUT2D eigenvalue weighted by molar-refractivity contribution is 0.00578. The van der Waals surface area contributed by atoms with Gasteiger partial charge in [0.2, 0.25) is 10.0 Å². The molecule has 6 rings (SSSR count). The Kier molecular flexibility index (Phi) is 5.79. The highest BCUT2D eigenvalue weighted by Crippen LogP contribution is 2.40. The van der Waals surface area contributed by atoms with E-state index in [1.807, 2.05) is 63.8 Å². The number of fused-ring (bicyclic) bond motifs is 1. The molecule has 2 fully saturated rings. The molecule has 4 heterocycles. The van der Waals surface area contributed by atoms with Crippen molar-refractivity contribution in [1.82, 2.24) is 19.6 Å². The van der Waals surface area contributed by atoms with Gasteiger partial charge in [0.05, 0.1) is 40.1 Å². The van der Waals surface area contributed by atoms with Gasteiger partial charge in [-0.1, -0.05) is 19.1 Å². The van der Waals surface area contributed by atoms with E-state index in [-0.39, 0.29) is 17.2 Å². The molecule has 1 aromatic carbocycles. The Hall–Kier alpha value is -2.76. The van der Waals surface area contributed by atoms with Gasteiger partial charge in [-0.15, -0.1) is 0 Å². The van der Waals surface area contributed by atoms with E-state index in [0.717, 1.165) is 28.7 Å². The number of hydrogen-bond donors (Lipinski definition) is 2. The van der Waals surface area contributed by atoms with E-state index < -0.39 is 28.3 Å². The molecule has 2 N–H and O–H groups in total. The third-order valence-corrected chi connectivity index (χ3v) is 10.4. The molecule has 0 unspecified atom stereocenters. The molecule has 1 saturated heterocycles. The van der Waals surface area contributed by atoms with Crippen molar-refractivity contribution in [2.75, 3.05) is 4.72 Å². The van der Waals surface area contributed by atoms with Crippen LogP contribution in [0.3, 0.4) is 0 Å². The first-order valence-electron chi connectivity index (χ1n) is 13.3. The Balaban J connectivity index is 1.40. The number of rotatable bonds is 7. The molecule has 0 amide bonds. The zero-order valence-corrected chi connectivity index (χ0v) is 23.7. The summed E-state index contributed by atoms with van der Waals surface area (Å²) in [6.07, 6.45) is 10.6. The fraction of sp³-hybridized carbons (Fsp3) is 0.519. The summed E-state index contributed by atoms with van der Waals surface area (Å²) in [7, 11) is -2.08. The normalized spacial score (nSPS) is 23.0. The molecular formula is C27H36BN5O4S. The number of anilines is 1. The molecule has 11 heteroatoms. The van der Waals surface area contributed by atoms with E-state index >= 15 is 0 Å². The van der Waals surface area contributed by atoms with Gasteiger partial charge in [-0.3, -0.25) is 14.1 Å². The summed E-state index contributed by atoms with van der Waals surface area (Å²) in [5.41, 5.74) is 4.26. The monoisotopic (exact) mass is 537 g/mol. The van der Waals surface area contributed by atoms with Gasteiger partial charge >= 0.3 is 7.12 Å². The van der Waals surface area contributed by atoms with Crippen LogP contribution in [0.4, 0.5) is 5.69 Å². The highest BCUT2D eigenvalue weighted by atomic mass is 32.2. The molecule has 1 saturated carbocycles. The number of aromatic amines is 1. The third-order valence-electron chi connectivity index (χ3n) is 8.52. The predicted octanol–water partition coefficient (Wildman–Crippen LogP) is 4.18. The average molecular weight is 537 g/mol. The quantitative estimate of drug-likeness (QED) is 0.441. The van der Waals surface area contributed by atoms with Crippen LogP contribution in [0.2, 0.25) is 0 Å². The Morgan fingerprint density at radius 3 is 2.47 bits per heavy atom. The van der Waals surface area contributed by atoms with E-state index in [1.54, 1.807) is 0 Å². The summed E-state index contributed by atoms with van der Waals surface area (Å²) in [4.78, 5) is 0. The molecule has 38 heavy (non-hydrogen) atoms. The largest absolute Gasteiger partial charge is 0.494 e. The van der Waals surface area contributed by atoms with Crippen molar-refractivity contribution in [3.05, 3.63) is 48.1 Å². The lowest BCUT2D eigenvalue weighted by atomic mass is 9.77. The molecular weight excluding hydrogens is 501 g/mol. The maximum absolute atomic E-state index is 12.9. The molecule has 2 aromatic heterocycles. The van der Waals surface area contributed by atoms with Gasteiger partial charge in [0, 0.05) is 30.4 Å². The maximum Gasteiger partial charge on any atom is 0.494 e. The van der Waals surface area contributed by atoms with Crippen LogP contribution < -0.4 is 10.2 Å². The summed E-state index contributed by atoms with van der Waals surface area (Å²) >= 11 is 0. The second kappa shape index (κ2) is 8.62. The van der Waals surface area contributed by atoms with Crippen molar-refractivity contribution in [2.24, 2.45) is 7.05 Å². The van der Waals surface area contributed by atoms with Crippen molar-refractivity contribution in [2.45, 2.75) is 82.3 Å². The minimum Gasteiger partial charge on any atom is -0.399 e. The Morgan fingerprint density at radius 1 is 1.16 bits per heavy atom. The summed E-state index contributed by atoms with van der Waals surface area (Å²) < 4.78 is 45.2. The first-order valence-corrected chi connectivity index (χ1v) is 14.9. The molecule has 3 aromatic rings. The Bertz CT molecular complexity index is 1480. The highest BCUT2D eigenvalue weighted by molar-refractivity contribution is 7.93. The van der Waals surface area contributed by atoms with Crippen LogP contribution in [0, 0.1) is 0 Å². The van der Waals surface area contributed by atoms with E-state index in [1.165, 1.54) is 5.69 Å². The molecule has 202 valence electrons. The summed E-state index contributed by atoms with van der Waals surface area (Å²) in [6, 6.07) is 5.92. The van der Waals surface area contributed by atoms with E-state index in [4.69, 9.17) is 14.4 Å². The summed E-state index contributed by atoms with van der Waals surface area (Å²) in [5, 5.41) is 7.82. The van der Waals surface area contributed by atoms with Crippen LogP contribution in [0.5, 0.6) is 0 Å². The minimum absolute atomic E-state index is 0.176. The van der Waals surface area contributed by atoms with E-state index in [0.29, 0.717) is 18.5 Å². The zero-order chi connectivity index (χ0) is 27.0. The number of nitrogens with one attached hydrogen (secondary N) is 2. The van der Waals surface area contributed by atoms with Crippen LogP contribution in [0.1, 0.15) is 77.2 Å². The SMILES string of the molecule is C[C@H](c1cn(C)[nH]1)[C@H]1CC=Cc2c(-c3cc(NS(=O)(=O)C4CC4)cc(B4OC(C)(C)C(C)(C)O4)c3)cnn21. The van der Waals surface area contributed by atoms with Crippen LogP contribution in [-0.2, 0) is 26.4 Å². The lowest BCUT2D eigenvalue weighted by Crippen LogP contribution is -2.41. The maximum atomic E-state index is 12.9. The van der Waals surface area contributed by atoms with Gasteiger partial charge in [-0.05, 0) is 76.2 Å². The van der Waals surface area contributed by atoms with Gasteiger partial charge in [0.25, 0.3) is 0 Å². The van der Waals surface area contributed by atoms with Crippen molar-refractivity contribution in [3.63, 3.8) is 0 Å². The van der Waals surface area contributed by atoms with Crippen molar-refractivity contribution in [1.29, 1.82) is 0 Å². The molecule has 1 aliphatic carbocycles. The second-order valence-electron chi connectivity index (χ2n) is 12.0. The van der Waals surface area contributed by atoms with Gasteiger partial charge < -0.3 is 14.4 Å². The Labute approximate surface area is 224 Å². The number of allylic oxidation sites excluding steroid dienone is 1. The first kappa shape index (κ1) is 25.5. The van der Waals surface area contributed by atoms with Crippen molar-refractivity contribution in [3.8, 4) is 11.1 Å². The van der Waals surface area contributed by atoms with Gasteiger partial charge in [0.15, 0.2) is 0 Å². The predicted molar refractivity (Wildman–Crippen MR) is 150 cm³/mol. The van der Waals surface area contributed by atoms with E-state index in [2.05, 4.69) is 39.8 Å². The second-order valence-corrected chi connectivity index (χ2v) is 13.9. The lowest BCUT2D eigenvalue weighted by Gasteiger charge is -2.32. The molecule has 0 bridgehead atoms. The number of benzene rings is 1. The smallest absolute Gasteiger partial charge is 0.399 e. The van der Waals surface area contributed by atoms with Gasteiger partial charge in [-0.25, -0.2) is 8.42 Å². The fourth-order valence-corrected chi connectivity index (χ4v) is 6.67. The molecule has 0 spiro atoms. The number of aryl methyl sites for hydroxylation is 1. The molecule has 9 nitrogen and oxygen atoms in total. The summed E-state index contributed by atoms with van der Waals surface area (Å²) in [5.74, 6) is 0.264. The number of H-pyrrole nitrogens is 1. The number of aromatic nitrogens is 4. The molecule has 3 aliphatic rings. The van der Waals surface area contributed by atoms with Gasteiger partial charge in [-0.2, -0.15) is 5.10 Å². The number of sulfonamides is 1. The van der Waals surface area contributed by atoms with Crippen LogP contribution >= 0.6 is 0 Å². The van der Waals surface area contributed by atoms with Crippen molar-refractivity contribution >= 4 is 34.4 Å². The standard InChI is InChI=1S/C27H36BN5O4S/c1-17(23-16-32(6)30-23)24-8-7-9-25-22(15-29-33(24)25)18-12-19(28-36-26(2,3)27(4,5)37-28)14-20(13-18)31-38(34,35)21-10-11-21/h7,9,12-17,21,24,30-31H,8,10-11H2,1-6H3/t17-,24-/m1/s1. The van der Waals surface area contributed by atoms with Crippen molar-refractivity contribution < 1.29 is 17.7 Å².